The van der Waals surface area contributed by atoms with Gasteiger partial charge in [-0.2, -0.15) is 0 Å². The molecule has 2 rings (SSSR count). The molecule has 0 aromatic carbocycles. The Bertz CT molecular complexity index is 526. The fourth-order valence-corrected chi connectivity index (χ4v) is 2.52. The molecule has 94 valence electrons. The normalized spacial score (nSPS) is 12.1. The van der Waals surface area contributed by atoms with Crippen LogP contribution in [0.4, 0.5) is 0 Å². The van der Waals surface area contributed by atoms with Gasteiger partial charge in [0.2, 0.25) is 0 Å². The Balaban J connectivity index is 2.11. The van der Waals surface area contributed by atoms with Gasteiger partial charge in [-0.3, -0.25) is 9.78 Å². The lowest BCUT2D eigenvalue weighted by Gasteiger charge is -2.15. The number of thiophene rings is 1. The molecule has 2 aromatic heterocycles. The molecule has 0 saturated heterocycles. The van der Waals surface area contributed by atoms with E-state index in [0.717, 1.165) is 11.3 Å². The number of aromatic nitrogens is 1. The fourth-order valence-electron chi connectivity index (χ4n) is 1.66. The Morgan fingerprint density at radius 2 is 2.39 bits per heavy atom. The molecule has 0 spiro atoms. The maximum Gasteiger partial charge on any atom is 0.253 e. The average molecular weight is 262 g/mol. The zero-order chi connectivity index (χ0) is 13.0. The van der Waals surface area contributed by atoms with Gasteiger partial charge in [0.15, 0.2) is 0 Å². The second-order valence-electron chi connectivity index (χ2n) is 3.88. The van der Waals surface area contributed by atoms with Crippen molar-refractivity contribution in [1.82, 2.24) is 10.3 Å². The Kier molecular flexibility index (Phi) is 3.94. The van der Waals surface area contributed by atoms with Crippen LogP contribution in [0, 0.1) is 0 Å². The summed E-state index contributed by atoms with van der Waals surface area (Å²) in [4.78, 5) is 16.9. The first kappa shape index (κ1) is 12.6. The Labute approximate surface area is 109 Å². The number of aromatic hydroxyl groups is 1. The van der Waals surface area contributed by atoms with Crippen LogP contribution in [-0.2, 0) is 0 Å². The zero-order valence-electron chi connectivity index (χ0n) is 9.96. The Morgan fingerprint density at radius 1 is 1.56 bits per heavy atom. The third kappa shape index (κ3) is 2.87. The standard InChI is InChI=1S/C13H14N2O2S/c1-2-11(12-4-3-5-18-12)15-13(17)9-6-10(16)8-14-7-9/h3-8,11,16H,2H2,1H3,(H,15,17). The van der Waals surface area contributed by atoms with E-state index in [1.54, 1.807) is 11.3 Å². The highest BCUT2D eigenvalue weighted by Crippen LogP contribution is 2.22. The average Bonchev–Trinajstić information content (AvgIpc) is 2.89. The Morgan fingerprint density at radius 3 is 3.00 bits per heavy atom. The summed E-state index contributed by atoms with van der Waals surface area (Å²) in [5, 5.41) is 14.2. The van der Waals surface area contributed by atoms with Gasteiger partial charge >= 0.3 is 0 Å². The van der Waals surface area contributed by atoms with Crippen molar-refractivity contribution < 1.29 is 9.90 Å². The molecular weight excluding hydrogens is 248 g/mol. The van der Waals surface area contributed by atoms with Crippen LogP contribution >= 0.6 is 11.3 Å². The highest BCUT2D eigenvalue weighted by Gasteiger charge is 2.15. The summed E-state index contributed by atoms with van der Waals surface area (Å²) in [7, 11) is 0. The molecule has 0 bridgehead atoms. The molecule has 1 unspecified atom stereocenters. The van der Waals surface area contributed by atoms with Crippen LogP contribution in [0.2, 0.25) is 0 Å². The van der Waals surface area contributed by atoms with Gasteiger partial charge in [-0.15, -0.1) is 11.3 Å². The minimum absolute atomic E-state index is 0.000140. The van der Waals surface area contributed by atoms with Gasteiger partial charge in [0, 0.05) is 11.1 Å². The number of nitrogens with one attached hydrogen (secondary N) is 1. The van der Waals surface area contributed by atoms with Crippen LogP contribution in [0.3, 0.4) is 0 Å². The van der Waals surface area contributed by atoms with E-state index < -0.39 is 0 Å². The minimum Gasteiger partial charge on any atom is -0.506 e. The number of carbonyl (C=O) groups is 1. The predicted molar refractivity (Wildman–Crippen MR) is 70.7 cm³/mol. The van der Waals surface area contributed by atoms with Gasteiger partial charge in [-0.1, -0.05) is 13.0 Å². The first-order valence-electron chi connectivity index (χ1n) is 5.69. The first-order chi connectivity index (χ1) is 8.70. The van der Waals surface area contributed by atoms with Crippen molar-refractivity contribution in [3.63, 3.8) is 0 Å². The molecule has 2 N–H and O–H groups in total. The van der Waals surface area contributed by atoms with Gasteiger partial charge in [-0.05, 0) is 23.9 Å². The summed E-state index contributed by atoms with van der Waals surface area (Å²) in [6.45, 7) is 2.02. The van der Waals surface area contributed by atoms with Gasteiger partial charge in [0.25, 0.3) is 5.91 Å². The number of hydrogen-bond acceptors (Lipinski definition) is 4. The summed E-state index contributed by atoms with van der Waals surface area (Å²) in [6, 6.07) is 5.37. The first-order valence-corrected chi connectivity index (χ1v) is 6.57. The number of carbonyl (C=O) groups excluding carboxylic acids is 1. The lowest BCUT2D eigenvalue weighted by atomic mass is 10.1. The minimum atomic E-state index is -0.223. The molecule has 0 fully saturated rings. The van der Waals surface area contributed by atoms with Crippen LogP contribution in [-0.4, -0.2) is 16.0 Å². The molecule has 0 aliphatic rings. The fraction of sp³-hybridized carbons (Fsp3) is 0.231. The van der Waals surface area contributed by atoms with Gasteiger partial charge in [0.05, 0.1) is 17.8 Å². The van der Waals surface area contributed by atoms with E-state index in [1.807, 2.05) is 24.4 Å². The van der Waals surface area contributed by atoms with Crippen LogP contribution in [0.15, 0.2) is 36.0 Å². The van der Waals surface area contributed by atoms with E-state index in [2.05, 4.69) is 10.3 Å². The molecule has 0 saturated carbocycles. The molecule has 0 aliphatic heterocycles. The third-order valence-corrected chi connectivity index (χ3v) is 3.57. The van der Waals surface area contributed by atoms with E-state index in [1.165, 1.54) is 18.5 Å². The maximum absolute atomic E-state index is 12.0. The largest absolute Gasteiger partial charge is 0.506 e. The smallest absolute Gasteiger partial charge is 0.253 e. The SMILES string of the molecule is CCC(NC(=O)c1cncc(O)c1)c1cccs1. The van der Waals surface area contributed by atoms with Crippen molar-refractivity contribution in [1.29, 1.82) is 0 Å². The van der Waals surface area contributed by atoms with Crippen molar-refractivity contribution in [3.05, 3.63) is 46.4 Å². The van der Waals surface area contributed by atoms with Gasteiger partial charge in [0.1, 0.15) is 5.75 Å². The summed E-state index contributed by atoms with van der Waals surface area (Å²) in [5.41, 5.74) is 0.366. The van der Waals surface area contributed by atoms with Crippen LogP contribution in [0.25, 0.3) is 0 Å². The second-order valence-corrected chi connectivity index (χ2v) is 4.86. The van der Waals surface area contributed by atoms with E-state index in [-0.39, 0.29) is 17.7 Å². The molecule has 2 aromatic rings. The summed E-state index contributed by atoms with van der Waals surface area (Å²) in [6.07, 6.45) is 3.56. The second kappa shape index (κ2) is 5.64. The molecule has 1 amide bonds. The molecular formula is C13H14N2O2S. The number of amides is 1. The van der Waals surface area contributed by atoms with Crippen LogP contribution < -0.4 is 5.32 Å². The lowest BCUT2D eigenvalue weighted by molar-refractivity contribution is 0.0935. The van der Waals surface area contributed by atoms with Crippen molar-refractivity contribution in [3.8, 4) is 5.75 Å². The van der Waals surface area contributed by atoms with E-state index >= 15 is 0 Å². The molecule has 0 radical (unpaired) electrons. The summed E-state index contributed by atoms with van der Waals surface area (Å²) in [5.74, 6) is -0.231. The van der Waals surface area contributed by atoms with Crippen LogP contribution in [0.1, 0.15) is 34.6 Å². The summed E-state index contributed by atoms with van der Waals surface area (Å²) >= 11 is 1.62. The molecule has 4 nitrogen and oxygen atoms in total. The van der Waals surface area contributed by atoms with Gasteiger partial charge in [-0.25, -0.2) is 0 Å². The lowest BCUT2D eigenvalue weighted by Crippen LogP contribution is -2.27. The van der Waals surface area contributed by atoms with E-state index in [9.17, 15) is 9.90 Å². The van der Waals surface area contributed by atoms with Crippen molar-refractivity contribution >= 4 is 17.2 Å². The number of rotatable bonds is 4. The molecule has 18 heavy (non-hydrogen) atoms. The van der Waals surface area contributed by atoms with Crippen molar-refractivity contribution in [2.45, 2.75) is 19.4 Å². The van der Waals surface area contributed by atoms with Crippen molar-refractivity contribution in [2.24, 2.45) is 0 Å². The molecule has 1 atom stereocenters. The topological polar surface area (TPSA) is 62.2 Å². The number of pyridine rings is 1. The summed E-state index contributed by atoms with van der Waals surface area (Å²) < 4.78 is 0. The number of nitrogens with zero attached hydrogens (tertiary/aromatic N) is 1. The van der Waals surface area contributed by atoms with Gasteiger partial charge < -0.3 is 10.4 Å². The maximum atomic E-state index is 12.0. The van der Waals surface area contributed by atoms with Crippen molar-refractivity contribution in [2.75, 3.05) is 0 Å². The quantitative estimate of drug-likeness (QED) is 0.890. The highest BCUT2D eigenvalue weighted by molar-refractivity contribution is 7.10. The highest BCUT2D eigenvalue weighted by atomic mass is 32.1. The van der Waals surface area contributed by atoms with E-state index in [4.69, 9.17) is 0 Å². The Hall–Kier alpha value is -1.88. The molecule has 0 aliphatic carbocycles. The van der Waals surface area contributed by atoms with E-state index in [0.29, 0.717) is 5.56 Å². The molecule has 2 heterocycles. The predicted octanol–water partition coefficient (Wildman–Crippen LogP) is 2.73. The number of hydrogen-bond donors (Lipinski definition) is 2. The molecule has 5 heteroatoms. The zero-order valence-corrected chi connectivity index (χ0v) is 10.8. The monoisotopic (exact) mass is 262 g/mol. The third-order valence-electron chi connectivity index (χ3n) is 2.59. The van der Waals surface area contributed by atoms with Crippen LogP contribution in [0.5, 0.6) is 5.75 Å².